The van der Waals surface area contributed by atoms with Crippen molar-refractivity contribution in [3.05, 3.63) is 53.7 Å². The molecule has 21 heavy (non-hydrogen) atoms. The number of anilines is 1. The van der Waals surface area contributed by atoms with Gasteiger partial charge in [0.25, 0.3) is 0 Å². The van der Waals surface area contributed by atoms with E-state index in [0.29, 0.717) is 24.5 Å². The van der Waals surface area contributed by atoms with E-state index < -0.39 is 0 Å². The van der Waals surface area contributed by atoms with Gasteiger partial charge in [-0.05, 0) is 30.7 Å². The fraction of sp³-hybridized carbons (Fsp3) is 0.375. The molecule has 0 spiro atoms. The monoisotopic (exact) mass is 288 g/mol. The van der Waals surface area contributed by atoms with E-state index in [0.717, 1.165) is 18.5 Å². The van der Waals surface area contributed by atoms with Crippen LogP contribution in [0, 0.1) is 5.82 Å². The summed E-state index contributed by atoms with van der Waals surface area (Å²) in [7, 11) is 1.83. The van der Waals surface area contributed by atoms with Gasteiger partial charge >= 0.3 is 0 Å². The third-order valence-corrected chi connectivity index (χ3v) is 3.20. The Kier molecular flexibility index (Phi) is 5.63. The minimum atomic E-state index is -0.257. The zero-order valence-electron chi connectivity index (χ0n) is 12.5. The molecule has 1 N–H and O–H groups in total. The minimum absolute atomic E-state index is 0.257. The lowest BCUT2D eigenvalue weighted by Crippen LogP contribution is -2.21. The van der Waals surface area contributed by atoms with E-state index in [4.69, 9.17) is 0 Å². The summed E-state index contributed by atoms with van der Waals surface area (Å²) in [5, 5.41) is 3.21. The first-order valence-corrected chi connectivity index (χ1v) is 7.16. The molecular formula is C16H21FN4. The predicted molar refractivity (Wildman–Crippen MR) is 82.5 cm³/mol. The number of pyridine rings is 2. The molecule has 112 valence electrons. The van der Waals surface area contributed by atoms with E-state index >= 15 is 0 Å². The van der Waals surface area contributed by atoms with Gasteiger partial charge in [0, 0.05) is 44.3 Å². The topological polar surface area (TPSA) is 41.1 Å². The highest BCUT2D eigenvalue weighted by molar-refractivity contribution is 5.43. The summed E-state index contributed by atoms with van der Waals surface area (Å²) in [6, 6.07) is 5.56. The van der Waals surface area contributed by atoms with Crippen LogP contribution < -0.4 is 10.2 Å². The first-order chi connectivity index (χ1) is 10.2. The molecule has 0 fully saturated rings. The summed E-state index contributed by atoms with van der Waals surface area (Å²) in [6.45, 7) is 4.06. The number of nitrogens with zero attached hydrogens (tertiary/aromatic N) is 3. The Bertz CT molecular complexity index is 559. The molecule has 0 aliphatic heterocycles. The van der Waals surface area contributed by atoms with Crippen LogP contribution in [0.1, 0.15) is 24.5 Å². The van der Waals surface area contributed by atoms with Crippen LogP contribution in [-0.2, 0) is 13.1 Å². The largest absolute Gasteiger partial charge is 0.353 e. The second kappa shape index (κ2) is 7.69. The molecule has 2 heterocycles. The van der Waals surface area contributed by atoms with Crippen LogP contribution in [0.15, 0.2) is 36.8 Å². The van der Waals surface area contributed by atoms with E-state index in [1.54, 1.807) is 29.6 Å². The molecule has 0 aromatic carbocycles. The van der Waals surface area contributed by atoms with Crippen molar-refractivity contribution in [3.8, 4) is 0 Å². The molecule has 5 heteroatoms. The second-order valence-electron chi connectivity index (χ2n) is 5.00. The third-order valence-electron chi connectivity index (χ3n) is 3.20. The minimum Gasteiger partial charge on any atom is -0.353 e. The molecule has 0 aliphatic carbocycles. The van der Waals surface area contributed by atoms with Crippen molar-refractivity contribution < 1.29 is 4.39 Å². The van der Waals surface area contributed by atoms with Crippen molar-refractivity contribution in [2.45, 2.75) is 26.4 Å². The summed E-state index contributed by atoms with van der Waals surface area (Å²) in [5.41, 5.74) is 1.67. The lowest BCUT2D eigenvalue weighted by molar-refractivity contribution is 0.577. The van der Waals surface area contributed by atoms with Crippen LogP contribution in [-0.4, -0.2) is 23.6 Å². The smallest absolute Gasteiger partial charge is 0.170 e. The number of hydrogen-bond acceptors (Lipinski definition) is 4. The second-order valence-corrected chi connectivity index (χ2v) is 5.00. The van der Waals surface area contributed by atoms with Crippen LogP contribution in [0.3, 0.4) is 0 Å². The van der Waals surface area contributed by atoms with E-state index in [1.807, 2.05) is 19.2 Å². The van der Waals surface area contributed by atoms with Gasteiger partial charge in [-0.3, -0.25) is 4.98 Å². The molecule has 0 unspecified atom stereocenters. The number of rotatable bonds is 7. The van der Waals surface area contributed by atoms with Gasteiger partial charge in [-0.1, -0.05) is 13.0 Å². The van der Waals surface area contributed by atoms with Gasteiger partial charge in [-0.2, -0.15) is 0 Å². The maximum absolute atomic E-state index is 14.5. The Hall–Kier alpha value is -2.01. The molecular weight excluding hydrogens is 267 g/mol. The molecule has 2 aromatic rings. The third kappa shape index (κ3) is 4.23. The van der Waals surface area contributed by atoms with Gasteiger partial charge in [0.1, 0.15) is 0 Å². The summed E-state index contributed by atoms with van der Waals surface area (Å²) < 4.78 is 14.5. The van der Waals surface area contributed by atoms with E-state index in [9.17, 15) is 4.39 Å². The number of halogens is 1. The summed E-state index contributed by atoms with van der Waals surface area (Å²) in [4.78, 5) is 10.0. The van der Waals surface area contributed by atoms with Crippen molar-refractivity contribution in [1.82, 2.24) is 15.3 Å². The summed E-state index contributed by atoms with van der Waals surface area (Å²) in [6.07, 6.45) is 6.19. The van der Waals surface area contributed by atoms with Crippen molar-refractivity contribution in [3.63, 3.8) is 0 Å². The van der Waals surface area contributed by atoms with Crippen LogP contribution in [0.5, 0.6) is 0 Å². The maximum atomic E-state index is 14.5. The molecule has 2 rings (SSSR count). The van der Waals surface area contributed by atoms with E-state index in [1.165, 1.54) is 0 Å². The SMILES string of the molecule is CCCNCc1ccnc(N(C)Cc2cccnc2)c1F. The Labute approximate surface area is 125 Å². The van der Waals surface area contributed by atoms with Gasteiger partial charge < -0.3 is 10.2 Å². The quantitative estimate of drug-likeness (QED) is 0.795. The Morgan fingerprint density at radius 3 is 2.86 bits per heavy atom. The highest BCUT2D eigenvalue weighted by atomic mass is 19.1. The van der Waals surface area contributed by atoms with Gasteiger partial charge in [0.2, 0.25) is 0 Å². The molecule has 0 saturated carbocycles. The van der Waals surface area contributed by atoms with Crippen LogP contribution in [0.2, 0.25) is 0 Å². The Balaban J connectivity index is 2.10. The van der Waals surface area contributed by atoms with Crippen molar-refractivity contribution in [1.29, 1.82) is 0 Å². The van der Waals surface area contributed by atoms with Crippen LogP contribution >= 0.6 is 0 Å². The first-order valence-electron chi connectivity index (χ1n) is 7.16. The van der Waals surface area contributed by atoms with Gasteiger partial charge in [-0.15, -0.1) is 0 Å². The van der Waals surface area contributed by atoms with Gasteiger partial charge in [0.15, 0.2) is 11.6 Å². The number of aromatic nitrogens is 2. The van der Waals surface area contributed by atoms with Crippen molar-refractivity contribution >= 4 is 5.82 Å². The Morgan fingerprint density at radius 2 is 2.14 bits per heavy atom. The van der Waals surface area contributed by atoms with Crippen LogP contribution in [0.25, 0.3) is 0 Å². The molecule has 0 atom stereocenters. The highest BCUT2D eigenvalue weighted by Crippen LogP contribution is 2.19. The predicted octanol–water partition coefficient (Wildman–Crippen LogP) is 2.75. The molecule has 0 bridgehead atoms. The van der Waals surface area contributed by atoms with Crippen molar-refractivity contribution in [2.75, 3.05) is 18.5 Å². The number of nitrogens with one attached hydrogen (secondary N) is 1. The first kappa shape index (κ1) is 15.4. The van der Waals surface area contributed by atoms with E-state index in [-0.39, 0.29) is 5.82 Å². The zero-order chi connectivity index (χ0) is 15.1. The lowest BCUT2D eigenvalue weighted by Gasteiger charge is -2.19. The molecule has 0 aliphatic rings. The molecule has 0 radical (unpaired) electrons. The average Bonchev–Trinajstić information content (AvgIpc) is 2.50. The molecule has 4 nitrogen and oxygen atoms in total. The lowest BCUT2D eigenvalue weighted by atomic mass is 10.2. The maximum Gasteiger partial charge on any atom is 0.170 e. The number of hydrogen-bond donors (Lipinski definition) is 1. The van der Waals surface area contributed by atoms with Crippen LogP contribution in [0.4, 0.5) is 10.2 Å². The average molecular weight is 288 g/mol. The van der Waals surface area contributed by atoms with Gasteiger partial charge in [-0.25, -0.2) is 9.37 Å². The molecule has 0 amide bonds. The van der Waals surface area contributed by atoms with E-state index in [2.05, 4.69) is 22.2 Å². The van der Waals surface area contributed by atoms with Crippen molar-refractivity contribution in [2.24, 2.45) is 0 Å². The molecule has 2 aromatic heterocycles. The normalized spacial score (nSPS) is 10.6. The fourth-order valence-corrected chi connectivity index (χ4v) is 2.11. The standard InChI is InChI=1S/C16H21FN4/c1-3-7-18-11-14-6-9-20-16(15(14)17)21(2)12-13-5-4-8-19-10-13/h4-6,8-10,18H,3,7,11-12H2,1-2H3. The summed E-state index contributed by atoms with van der Waals surface area (Å²) >= 11 is 0. The summed E-state index contributed by atoms with van der Waals surface area (Å²) in [5.74, 6) is 0.113. The van der Waals surface area contributed by atoms with Gasteiger partial charge in [0.05, 0.1) is 0 Å². The Morgan fingerprint density at radius 1 is 1.29 bits per heavy atom. The molecule has 0 saturated heterocycles. The zero-order valence-corrected chi connectivity index (χ0v) is 12.5. The highest BCUT2D eigenvalue weighted by Gasteiger charge is 2.13. The fourth-order valence-electron chi connectivity index (χ4n) is 2.11.